The van der Waals surface area contributed by atoms with E-state index >= 15 is 0 Å². The molecule has 24 heavy (non-hydrogen) atoms. The van der Waals surface area contributed by atoms with Gasteiger partial charge in [-0.25, -0.2) is 4.98 Å². The molecular weight excluding hydrogens is 322 g/mol. The van der Waals surface area contributed by atoms with Gasteiger partial charge < -0.3 is 4.74 Å². The van der Waals surface area contributed by atoms with Crippen LogP contribution < -0.4 is 10.3 Å². The summed E-state index contributed by atoms with van der Waals surface area (Å²) in [6.07, 6.45) is 4.99. The summed E-state index contributed by atoms with van der Waals surface area (Å²) in [5.74, 6) is 0.833. The molecule has 0 saturated carbocycles. The summed E-state index contributed by atoms with van der Waals surface area (Å²) in [7, 11) is 0. The van der Waals surface area contributed by atoms with E-state index in [1.165, 1.54) is 11.0 Å². The summed E-state index contributed by atoms with van der Waals surface area (Å²) < 4.78 is 6.82. The maximum absolute atomic E-state index is 12.4. The van der Waals surface area contributed by atoms with Gasteiger partial charge in [-0.15, -0.1) is 11.3 Å². The predicted octanol–water partition coefficient (Wildman–Crippen LogP) is 3.69. The van der Waals surface area contributed by atoms with Crippen LogP contribution in [0.25, 0.3) is 10.2 Å². The fourth-order valence-electron chi connectivity index (χ4n) is 2.22. The molecule has 0 aliphatic heterocycles. The third-order valence-electron chi connectivity index (χ3n) is 3.52. The summed E-state index contributed by atoms with van der Waals surface area (Å²) in [5.41, 5.74) is 0.750. The first-order valence-corrected chi connectivity index (χ1v) is 8.80. The molecule has 0 amide bonds. The van der Waals surface area contributed by atoms with Crippen LogP contribution in [0.4, 0.5) is 0 Å². The molecule has 0 aliphatic rings. The van der Waals surface area contributed by atoms with E-state index in [0.29, 0.717) is 12.0 Å². The zero-order chi connectivity index (χ0) is 16.9. The number of hydrogen-bond donors (Lipinski definition) is 0. The van der Waals surface area contributed by atoms with Gasteiger partial charge in [0.1, 0.15) is 16.9 Å². The van der Waals surface area contributed by atoms with Crippen molar-refractivity contribution >= 4 is 27.8 Å². The summed E-state index contributed by atoms with van der Waals surface area (Å²) in [5, 5.41) is 4.86. The molecule has 2 aromatic heterocycles. The number of nitrogens with zero attached hydrogens (tertiary/aromatic N) is 3. The smallest absolute Gasteiger partial charge is 0.282 e. The summed E-state index contributed by atoms with van der Waals surface area (Å²) in [4.78, 5) is 18.7. The SMILES string of the molecule is CCCOc1ccc(/C=N\n2cnc3sc(CC)cc3c2=O)cc1. The lowest BCUT2D eigenvalue weighted by atomic mass is 10.2. The van der Waals surface area contributed by atoms with Crippen LogP contribution in [0.15, 0.2) is 46.6 Å². The van der Waals surface area contributed by atoms with E-state index in [0.717, 1.165) is 33.9 Å². The summed E-state index contributed by atoms with van der Waals surface area (Å²) in [6.45, 7) is 4.84. The van der Waals surface area contributed by atoms with Crippen LogP contribution in [0.2, 0.25) is 0 Å². The largest absolute Gasteiger partial charge is 0.494 e. The first-order valence-electron chi connectivity index (χ1n) is 7.98. The molecule has 0 spiro atoms. The molecule has 5 nitrogen and oxygen atoms in total. The van der Waals surface area contributed by atoms with Crippen molar-refractivity contribution in [2.75, 3.05) is 6.61 Å². The van der Waals surface area contributed by atoms with E-state index in [2.05, 4.69) is 23.9 Å². The highest BCUT2D eigenvalue weighted by atomic mass is 32.1. The molecular formula is C18H19N3O2S. The molecule has 0 radical (unpaired) electrons. The number of benzene rings is 1. The second-order valence-electron chi connectivity index (χ2n) is 5.34. The van der Waals surface area contributed by atoms with E-state index < -0.39 is 0 Å². The number of ether oxygens (including phenoxy) is 1. The molecule has 0 unspecified atom stereocenters. The van der Waals surface area contributed by atoms with E-state index in [4.69, 9.17) is 4.74 Å². The van der Waals surface area contributed by atoms with Gasteiger partial charge in [0.25, 0.3) is 5.56 Å². The molecule has 0 fully saturated rings. The highest BCUT2D eigenvalue weighted by Gasteiger charge is 2.07. The minimum atomic E-state index is -0.143. The summed E-state index contributed by atoms with van der Waals surface area (Å²) >= 11 is 1.55. The average molecular weight is 341 g/mol. The lowest BCUT2D eigenvalue weighted by Gasteiger charge is -2.03. The van der Waals surface area contributed by atoms with Crippen molar-refractivity contribution in [3.05, 3.63) is 57.5 Å². The van der Waals surface area contributed by atoms with Crippen LogP contribution in [0.5, 0.6) is 5.75 Å². The molecule has 0 atom stereocenters. The number of hydrogen-bond acceptors (Lipinski definition) is 5. The Morgan fingerprint density at radius 1 is 1.29 bits per heavy atom. The number of aromatic nitrogens is 2. The zero-order valence-electron chi connectivity index (χ0n) is 13.7. The van der Waals surface area contributed by atoms with Gasteiger partial charge in [-0.3, -0.25) is 4.79 Å². The second kappa shape index (κ2) is 7.40. The van der Waals surface area contributed by atoms with Crippen molar-refractivity contribution in [3.8, 4) is 5.75 Å². The van der Waals surface area contributed by atoms with Gasteiger partial charge in [-0.05, 0) is 48.7 Å². The standard InChI is InChI=1S/C18H19N3O2S/c1-3-9-23-14-7-5-13(6-8-14)11-20-21-12-19-17-16(18(21)22)10-15(4-2)24-17/h5-8,10-12H,3-4,9H2,1-2H3/b20-11-. The van der Waals surface area contributed by atoms with Crippen LogP contribution >= 0.6 is 11.3 Å². The lowest BCUT2D eigenvalue weighted by Crippen LogP contribution is -2.16. The molecule has 2 heterocycles. The van der Waals surface area contributed by atoms with Crippen LogP contribution in [-0.4, -0.2) is 22.5 Å². The Morgan fingerprint density at radius 3 is 2.79 bits per heavy atom. The Labute approximate surface area is 144 Å². The predicted molar refractivity (Wildman–Crippen MR) is 98.5 cm³/mol. The zero-order valence-corrected chi connectivity index (χ0v) is 14.5. The van der Waals surface area contributed by atoms with E-state index in [9.17, 15) is 4.79 Å². The van der Waals surface area contributed by atoms with Gasteiger partial charge in [-0.1, -0.05) is 13.8 Å². The third-order valence-corrected chi connectivity index (χ3v) is 4.71. The van der Waals surface area contributed by atoms with Gasteiger partial charge in [-0.2, -0.15) is 9.78 Å². The molecule has 124 valence electrons. The molecule has 6 heteroatoms. The van der Waals surface area contributed by atoms with Crippen molar-refractivity contribution in [2.24, 2.45) is 5.10 Å². The third kappa shape index (κ3) is 3.54. The van der Waals surface area contributed by atoms with Gasteiger partial charge >= 0.3 is 0 Å². The van der Waals surface area contributed by atoms with Gasteiger partial charge in [0, 0.05) is 4.88 Å². The van der Waals surface area contributed by atoms with E-state index in [1.54, 1.807) is 17.6 Å². The Bertz CT molecular complexity index is 910. The highest BCUT2D eigenvalue weighted by Crippen LogP contribution is 2.20. The Balaban J connectivity index is 1.82. The maximum Gasteiger partial charge on any atom is 0.282 e. The lowest BCUT2D eigenvalue weighted by molar-refractivity contribution is 0.317. The second-order valence-corrected chi connectivity index (χ2v) is 6.46. The van der Waals surface area contributed by atoms with Crippen LogP contribution in [0.1, 0.15) is 30.7 Å². The van der Waals surface area contributed by atoms with Gasteiger partial charge in [0.2, 0.25) is 0 Å². The fraction of sp³-hybridized carbons (Fsp3) is 0.278. The van der Waals surface area contributed by atoms with Crippen molar-refractivity contribution in [1.82, 2.24) is 9.66 Å². The first kappa shape index (κ1) is 16.4. The molecule has 3 rings (SSSR count). The molecule has 0 N–H and O–H groups in total. The van der Waals surface area contributed by atoms with Crippen LogP contribution in [0, 0.1) is 0 Å². The van der Waals surface area contributed by atoms with Gasteiger partial charge in [0.15, 0.2) is 0 Å². The molecule has 0 aliphatic carbocycles. The molecule has 0 saturated heterocycles. The maximum atomic E-state index is 12.4. The highest BCUT2D eigenvalue weighted by molar-refractivity contribution is 7.18. The monoisotopic (exact) mass is 341 g/mol. The van der Waals surface area contributed by atoms with Crippen molar-refractivity contribution in [3.63, 3.8) is 0 Å². The number of thiophene rings is 1. The molecule has 3 aromatic rings. The van der Waals surface area contributed by atoms with Crippen molar-refractivity contribution in [1.29, 1.82) is 0 Å². The minimum Gasteiger partial charge on any atom is -0.494 e. The average Bonchev–Trinajstić information content (AvgIpc) is 3.04. The summed E-state index contributed by atoms with van der Waals surface area (Å²) in [6, 6.07) is 9.51. The van der Waals surface area contributed by atoms with Crippen molar-refractivity contribution in [2.45, 2.75) is 26.7 Å². The Kier molecular flexibility index (Phi) is 5.05. The number of aryl methyl sites for hydroxylation is 1. The normalized spacial score (nSPS) is 11.4. The topological polar surface area (TPSA) is 56.5 Å². The first-order chi connectivity index (χ1) is 11.7. The van der Waals surface area contributed by atoms with Gasteiger partial charge in [0.05, 0.1) is 18.2 Å². The number of rotatable bonds is 6. The van der Waals surface area contributed by atoms with E-state index in [1.807, 2.05) is 30.3 Å². The molecule has 0 bridgehead atoms. The quantitative estimate of drug-likeness (QED) is 0.643. The van der Waals surface area contributed by atoms with E-state index in [-0.39, 0.29) is 5.56 Å². The minimum absolute atomic E-state index is 0.143. The Hall–Kier alpha value is -2.47. The Morgan fingerprint density at radius 2 is 2.08 bits per heavy atom. The molecule has 1 aromatic carbocycles. The van der Waals surface area contributed by atoms with Crippen LogP contribution in [0.3, 0.4) is 0 Å². The fourth-order valence-corrected chi connectivity index (χ4v) is 3.14. The number of fused-ring (bicyclic) bond motifs is 1. The van der Waals surface area contributed by atoms with Crippen LogP contribution in [-0.2, 0) is 6.42 Å². The van der Waals surface area contributed by atoms with Crippen molar-refractivity contribution < 1.29 is 4.74 Å².